The number of rotatable bonds is 1. The maximum Gasteiger partial charge on any atom is 0.322 e. The number of hydrogen-bond acceptors (Lipinski definition) is 2. The minimum absolute atomic E-state index is 0.0652. The highest BCUT2D eigenvalue weighted by atomic mass is 35.5. The van der Waals surface area contributed by atoms with Crippen LogP contribution >= 0.6 is 11.6 Å². The van der Waals surface area contributed by atoms with Gasteiger partial charge in [0.2, 0.25) is 5.52 Å². The fourth-order valence-electron chi connectivity index (χ4n) is 2.02. The molecule has 0 radical (unpaired) electrons. The second-order valence-electron chi connectivity index (χ2n) is 4.12. The van der Waals surface area contributed by atoms with Crippen LogP contribution in [-0.4, -0.2) is 4.98 Å². The SMILES string of the molecule is O=c1[nH]c2ccc(Cl)cc2[n+]([O-])c1-c1ccccc1. The minimum Gasteiger partial charge on any atom is -0.618 e. The predicted molar refractivity (Wildman–Crippen MR) is 74.0 cm³/mol. The molecule has 0 bridgehead atoms. The summed E-state index contributed by atoms with van der Waals surface area (Å²) in [6.45, 7) is 0. The van der Waals surface area contributed by atoms with Gasteiger partial charge in [-0.05, 0) is 24.3 Å². The van der Waals surface area contributed by atoms with Crippen LogP contribution in [0.1, 0.15) is 0 Å². The Kier molecular flexibility index (Phi) is 2.72. The van der Waals surface area contributed by atoms with Crippen molar-refractivity contribution in [3.8, 4) is 11.3 Å². The molecule has 5 heteroatoms. The van der Waals surface area contributed by atoms with Crippen molar-refractivity contribution < 1.29 is 4.73 Å². The van der Waals surface area contributed by atoms with Gasteiger partial charge in [-0.25, -0.2) is 0 Å². The van der Waals surface area contributed by atoms with Crippen LogP contribution in [0.15, 0.2) is 53.3 Å². The number of aromatic nitrogens is 2. The second kappa shape index (κ2) is 4.40. The summed E-state index contributed by atoms with van der Waals surface area (Å²) in [6.07, 6.45) is 0. The number of fused-ring (bicyclic) bond motifs is 1. The summed E-state index contributed by atoms with van der Waals surface area (Å²) in [7, 11) is 0. The monoisotopic (exact) mass is 272 g/mol. The Morgan fingerprint density at radius 2 is 1.84 bits per heavy atom. The standard InChI is InChI=1S/C14H9ClN2O2/c15-10-6-7-11-12(8-10)17(19)13(14(18)16-11)9-4-2-1-3-5-9/h1-8H,(H,16,18). The van der Waals surface area contributed by atoms with Gasteiger partial charge in [0.1, 0.15) is 5.52 Å². The van der Waals surface area contributed by atoms with Gasteiger partial charge in [0, 0.05) is 11.1 Å². The molecule has 0 saturated carbocycles. The van der Waals surface area contributed by atoms with Crippen LogP contribution < -0.4 is 10.3 Å². The van der Waals surface area contributed by atoms with Crippen molar-refractivity contribution in [2.75, 3.05) is 0 Å². The third-order valence-corrected chi connectivity index (χ3v) is 3.13. The number of aromatic amines is 1. The molecule has 94 valence electrons. The fourth-order valence-corrected chi connectivity index (χ4v) is 2.18. The molecule has 1 heterocycles. The highest BCUT2D eigenvalue weighted by Crippen LogP contribution is 2.17. The molecule has 0 aliphatic heterocycles. The van der Waals surface area contributed by atoms with Crippen LogP contribution in [0.4, 0.5) is 0 Å². The molecule has 0 fully saturated rings. The number of nitrogens with one attached hydrogen (secondary N) is 1. The zero-order valence-electron chi connectivity index (χ0n) is 9.76. The van der Waals surface area contributed by atoms with Gasteiger partial charge in [-0.15, -0.1) is 0 Å². The van der Waals surface area contributed by atoms with Gasteiger partial charge in [-0.3, -0.25) is 4.79 Å². The molecule has 1 N–H and O–H groups in total. The molecule has 4 nitrogen and oxygen atoms in total. The van der Waals surface area contributed by atoms with Crippen LogP contribution in [0.5, 0.6) is 0 Å². The molecule has 0 amide bonds. The lowest BCUT2D eigenvalue weighted by Crippen LogP contribution is -2.37. The van der Waals surface area contributed by atoms with Crippen molar-refractivity contribution in [1.82, 2.24) is 4.98 Å². The molecule has 2 aromatic carbocycles. The lowest BCUT2D eigenvalue weighted by atomic mass is 10.1. The van der Waals surface area contributed by atoms with Crippen molar-refractivity contribution in [2.24, 2.45) is 0 Å². The Hall–Kier alpha value is -2.33. The van der Waals surface area contributed by atoms with Crippen LogP contribution in [0, 0.1) is 5.21 Å². The zero-order valence-corrected chi connectivity index (χ0v) is 10.5. The molecule has 19 heavy (non-hydrogen) atoms. The van der Waals surface area contributed by atoms with E-state index in [2.05, 4.69) is 4.98 Å². The van der Waals surface area contributed by atoms with E-state index < -0.39 is 5.56 Å². The number of nitrogens with zero attached hydrogens (tertiary/aromatic N) is 1. The summed E-state index contributed by atoms with van der Waals surface area (Å²) in [5.41, 5.74) is 1.02. The first-order valence-electron chi connectivity index (χ1n) is 5.67. The normalized spacial score (nSPS) is 10.8. The minimum atomic E-state index is -0.420. The van der Waals surface area contributed by atoms with Gasteiger partial charge in [-0.2, -0.15) is 4.73 Å². The van der Waals surface area contributed by atoms with Crippen molar-refractivity contribution in [2.45, 2.75) is 0 Å². The van der Waals surface area contributed by atoms with Crippen molar-refractivity contribution in [3.05, 3.63) is 69.1 Å². The molecular formula is C14H9ClN2O2. The summed E-state index contributed by atoms with van der Waals surface area (Å²) < 4.78 is 0.620. The summed E-state index contributed by atoms with van der Waals surface area (Å²) in [6, 6.07) is 13.6. The van der Waals surface area contributed by atoms with Gasteiger partial charge < -0.3 is 10.2 Å². The van der Waals surface area contributed by atoms with Crippen molar-refractivity contribution >= 4 is 22.6 Å². The van der Waals surface area contributed by atoms with Crippen LogP contribution in [0.3, 0.4) is 0 Å². The molecule has 0 aliphatic rings. The van der Waals surface area contributed by atoms with Crippen molar-refractivity contribution in [1.29, 1.82) is 0 Å². The van der Waals surface area contributed by atoms with Gasteiger partial charge in [0.25, 0.3) is 5.69 Å². The summed E-state index contributed by atoms with van der Waals surface area (Å²) in [5.74, 6) is 0. The smallest absolute Gasteiger partial charge is 0.322 e. The van der Waals surface area contributed by atoms with E-state index in [4.69, 9.17) is 11.6 Å². The largest absolute Gasteiger partial charge is 0.618 e. The molecule has 0 unspecified atom stereocenters. The zero-order chi connectivity index (χ0) is 13.4. The van der Waals surface area contributed by atoms with E-state index in [0.29, 0.717) is 26.3 Å². The van der Waals surface area contributed by atoms with Gasteiger partial charge in [0.15, 0.2) is 0 Å². The number of halogens is 1. The fraction of sp³-hybridized carbons (Fsp3) is 0. The molecule has 0 aliphatic carbocycles. The first-order chi connectivity index (χ1) is 9.16. The van der Waals surface area contributed by atoms with Gasteiger partial charge >= 0.3 is 5.56 Å². The molecular weight excluding hydrogens is 264 g/mol. The second-order valence-corrected chi connectivity index (χ2v) is 4.56. The van der Waals surface area contributed by atoms with E-state index in [1.807, 2.05) is 6.07 Å². The summed E-state index contributed by atoms with van der Waals surface area (Å²) in [4.78, 5) is 14.7. The molecule has 3 rings (SSSR count). The third kappa shape index (κ3) is 1.96. The highest BCUT2D eigenvalue weighted by molar-refractivity contribution is 6.31. The van der Waals surface area contributed by atoms with Crippen LogP contribution in [-0.2, 0) is 0 Å². The van der Waals surface area contributed by atoms with Crippen molar-refractivity contribution in [3.63, 3.8) is 0 Å². The Labute approximate surface area is 113 Å². The highest BCUT2D eigenvalue weighted by Gasteiger charge is 2.18. The quantitative estimate of drug-likeness (QED) is 0.546. The topological polar surface area (TPSA) is 59.8 Å². The summed E-state index contributed by atoms with van der Waals surface area (Å²) in [5, 5.41) is 12.8. The van der Waals surface area contributed by atoms with E-state index in [1.165, 1.54) is 6.07 Å². The Bertz CT molecular complexity index is 813. The maximum atomic E-state index is 12.3. The average Bonchev–Trinajstić information content (AvgIpc) is 2.41. The summed E-state index contributed by atoms with van der Waals surface area (Å²) >= 11 is 5.88. The Morgan fingerprint density at radius 1 is 1.11 bits per heavy atom. The first-order valence-corrected chi connectivity index (χ1v) is 6.05. The number of benzene rings is 2. The first kappa shape index (κ1) is 11.7. The molecule has 1 aromatic heterocycles. The third-order valence-electron chi connectivity index (χ3n) is 2.89. The van der Waals surface area contributed by atoms with Crippen LogP contribution in [0.25, 0.3) is 22.3 Å². The number of hydrogen-bond donors (Lipinski definition) is 1. The lowest BCUT2D eigenvalue weighted by Gasteiger charge is -2.07. The van der Waals surface area contributed by atoms with Gasteiger partial charge in [0.05, 0.1) is 5.56 Å². The number of H-pyrrole nitrogens is 1. The van der Waals surface area contributed by atoms with E-state index in [-0.39, 0.29) is 5.69 Å². The molecule has 3 aromatic rings. The Balaban J connectivity index is 2.40. The lowest BCUT2D eigenvalue weighted by molar-refractivity contribution is -0.566. The van der Waals surface area contributed by atoms with Gasteiger partial charge in [-0.1, -0.05) is 29.8 Å². The van der Waals surface area contributed by atoms with E-state index in [9.17, 15) is 10.0 Å². The van der Waals surface area contributed by atoms with Crippen LogP contribution in [0.2, 0.25) is 5.02 Å². The predicted octanol–water partition coefficient (Wildman–Crippen LogP) is 2.48. The van der Waals surface area contributed by atoms with E-state index >= 15 is 0 Å². The molecule has 0 saturated heterocycles. The maximum absolute atomic E-state index is 12.3. The molecule has 0 atom stereocenters. The molecule has 0 spiro atoms. The average molecular weight is 273 g/mol. The van der Waals surface area contributed by atoms with E-state index in [0.717, 1.165) is 0 Å². The Morgan fingerprint density at radius 3 is 2.58 bits per heavy atom. The van der Waals surface area contributed by atoms with E-state index in [1.54, 1.807) is 36.4 Å².